The van der Waals surface area contributed by atoms with Crippen molar-refractivity contribution in [2.24, 2.45) is 7.05 Å². The molecule has 0 amide bonds. The average molecular weight is 905 g/mol. The van der Waals surface area contributed by atoms with Crippen molar-refractivity contribution in [2.75, 3.05) is 12.5 Å². The molecule has 3 nitrogen and oxygen atoms in total. The maximum absolute atomic E-state index is 9.56. The Kier molecular flexibility index (Phi) is 51.9. The number of rotatable bonds is 0. The second-order valence-corrected chi connectivity index (χ2v) is 32.0. The fourth-order valence-electron chi connectivity index (χ4n) is 0.485. The van der Waals surface area contributed by atoms with Crippen LogP contribution in [0.3, 0.4) is 0 Å². The van der Waals surface area contributed by atoms with Gasteiger partial charge >= 0.3 is 51.2 Å². The van der Waals surface area contributed by atoms with E-state index in [1.54, 1.807) is 12.5 Å². The quantitative estimate of drug-likeness (QED) is 0.163. The van der Waals surface area contributed by atoms with Crippen LogP contribution in [-0.2, 0) is 17.8 Å². The number of pyridine rings is 1. The number of aromatic nitrogens is 1. The summed E-state index contributed by atoms with van der Waals surface area (Å²) < 4.78 is 11.6. The van der Waals surface area contributed by atoms with E-state index in [-0.39, 0.29) is 69.8 Å². The zero-order chi connectivity index (χ0) is 11.4. The van der Waals surface area contributed by atoms with Crippen LogP contribution in [0.1, 0.15) is 0 Å². The van der Waals surface area contributed by atoms with E-state index in [1.807, 2.05) is 42.2 Å². The van der Waals surface area contributed by atoms with Gasteiger partial charge in [-0.2, -0.15) is 0 Å². The van der Waals surface area contributed by atoms with Crippen LogP contribution in [-0.4, -0.2) is 32.4 Å². The van der Waals surface area contributed by atoms with Crippen LogP contribution in [0.5, 0.6) is 0 Å². The van der Waals surface area contributed by atoms with Crippen LogP contribution in [0, 0.1) is 0 Å². The van der Waals surface area contributed by atoms with Gasteiger partial charge in [0.15, 0.2) is 12.4 Å². The summed E-state index contributed by atoms with van der Waals surface area (Å²) in [6.07, 6.45) is 7.28. The second-order valence-electron chi connectivity index (χ2n) is 2.35. The average Bonchev–Trinajstić information content (AvgIpc) is 2.05. The molecular weight excluding hydrogens is 887 g/mol. The monoisotopic (exact) mass is 906 g/mol. The van der Waals surface area contributed by atoms with E-state index in [1.165, 1.54) is 0 Å². The SMILES string of the molecule is CS(C)=O.C[n+]1ccccc1.[I-].[I-].[I][Pb][I].[NH4+]. The van der Waals surface area contributed by atoms with Gasteiger partial charge in [0.25, 0.3) is 0 Å². The fourth-order valence-corrected chi connectivity index (χ4v) is 0.485. The van der Waals surface area contributed by atoms with Gasteiger partial charge in [-0.25, -0.2) is 4.57 Å². The summed E-state index contributed by atoms with van der Waals surface area (Å²) in [6.45, 7) is 0. The van der Waals surface area contributed by atoms with E-state index in [0.717, 1.165) is 0 Å². The van der Waals surface area contributed by atoms with E-state index in [4.69, 9.17) is 0 Å². The van der Waals surface area contributed by atoms with Crippen molar-refractivity contribution < 1.29 is 56.7 Å². The van der Waals surface area contributed by atoms with Gasteiger partial charge in [0.1, 0.15) is 7.05 Å². The van der Waals surface area contributed by atoms with Gasteiger partial charge in [0.05, 0.1) is 0 Å². The number of hydrogen-bond acceptors (Lipinski definition) is 1. The first-order chi connectivity index (χ1) is 6.54. The Morgan fingerprint density at radius 2 is 1.29 bits per heavy atom. The number of aryl methyl sites for hydroxylation is 1. The molecule has 1 rings (SSSR count). The Hall–Kier alpha value is 3.10. The molecular formula is C8H18I4N2OPbS. The summed E-state index contributed by atoms with van der Waals surface area (Å²) in [5.74, 6) is 0. The van der Waals surface area contributed by atoms with Crippen LogP contribution < -0.4 is 58.7 Å². The minimum Gasteiger partial charge on any atom is -0.369 e. The maximum atomic E-state index is 9.56. The first-order valence-corrected chi connectivity index (χ1v) is 27.5. The van der Waals surface area contributed by atoms with Gasteiger partial charge in [0.2, 0.25) is 0 Å². The molecule has 2 radical (unpaired) electrons. The molecule has 104 valence electrons. The summed E-state index contributed by atoms with van der Waals surface area (Å²) in [5.41, 5.74) is 0. The summed E-state index contributed by atoms with van der Waals surface area (Å²) in [4.78, 5) is 0. The summed E-state index contributed by atoms with van der Waals surface area (Å²) >= 11 is 4.96. The fraction of sp³-hybridized carbons (Fsp3) is 0.375. The van der Waals surface area contributed by atoms with Gasteiger partial charge in [-0.3, -0.25) is 4.21 Å². The standard InChI is InChI=1S/C6H8N.C2H6OS.4HI.H3N.Pb/c1-7-5-3-2-4-6-7;1-4(2)3;;;;;;/h2-6H,1H3;1-2H3;4*1H;1H3;/q+1;;;;;;;+2/p-3. The van der Waals surface area contributed by atoms with Crippen molar-refractivity contribution >= 4 is 62.0 Å². The first-order valence-electron chi connectivity index (χ1n) is 3.66. The van der Waals surface area contributed by atoms with Gasteiger partial charge in [-0.15, -0.1) is 0 Å². The molecule has 1 aromatic rings. The first kappa shape index (κ1) is 32.2. The Balaban J connectivity index is -0.0000000429. The third kappa shape index (κ3) is 45.3. The van der Waals surface area contributed by atoms with Crippen molar-refractivity contribution in [3.05, 3.63) is 30.6 Å². The largest absolute Gasteiger partial charge is 0.369 e. The second kappa shape index (κ2) is 27.4. The maximum Gasteiger partial charge on any atom is -0.369 e. The number of quaternary nitrogens is 1. The Morgan fingerprint density at radius 3 is 1.41 bits per heavy atom. The Morgan fingerprint density at radius 1 is 1.06 bits per heavy atom. The molecule has 0 aliphatic carbocycles. The molecule has 0 fully saturated rings. The molecule has 1 heterocycles. The molecule has 0 saturated heterocycles. The summed E-state index contributed by atoms with van der Waals surface area (Å²) in [6, 6.07) is 6.00. The minimum atomic E-state index is -0.611. The predicted molar refractivity (Wildman–Crippen MR) is 87.4 cm³/mol. The third-order valence-electron chi connectivity index (χ3n) is 0.865. The molecule has 1 aromatic heterocycles. The van der Waals surface area contributed by atoms with Crippen molar-refractivity contribution in [3.63, 3.8) is 0 Å². The van der Waals surface area contributed by atoms with E-state index < -0.39 is 10.8 Å². The van der Waals surface area contributed by atoms with Crippen LogP contribution >= 0.6 is 35.5 Å². The Labute approximate surface area is 171 Å². The van der Waals surface area contributed by atoms with E-state index >= 15 is 0 Å². The smallest absolute Gasteiger partial charge is 0.369 e. The molecule has 0 spiro atoms. The van der Waals surface area contributed by atoms with Crippen molar-refractivity contribution in [1.82, 2.24) is 6.15 Å². The van der Waals surface area contributed by atoms with Crippen LogP contribution in [0.2, 0.25) is 0 Å². The molecule has 0 saturated carbocycles. The van der Waals surface area contributed by atoms with E-state index in [2.05, 4.69) is 35.5 Å². The zero-order valence-corrected chi connectivity index (χ0v) is 23.5. The number of hydrogen-bond donors (Lipinski definition) is 1. The van der Waals surface area contributed by atoms with Gasteiger partial charge in [-0.05, 0) is 0 Å². The van der Waals surface area contributed by atoms with Crippen LogP contribution in [0.15, 0.2) is 30.6 Å². The number of nitrogens with zero attached hydrogens (tertiary/aromatic N) is 1. The van der Waals surface area contributed by atoms with Crippen LogP contribution in [0.25, 0.3) is 0 Å². The molecule has 0 aromatic carbocycles. The molecule has 9 heteroatoms. The van der Waals surface area contributed by atoms with Gasteiger partial charge in [0, 0.05) is 35.4 Å². The topological polar surface area (TPSA) is 57.5 Å². The van der Waals surface area contributed by atoms with E-state index in [9.17, 15) is 4.21 Å². The summed E-state index contributed by atoms with van der Waals surface area (Å²) in [7, 11) is 1.39. The molecule has 0 aliphatic rings. The molecule has 0 bridgehead atoms. The van der Waals surface area contributed by atoms with Crippen molar-refractivity contribution in [1.29, 1.82) is 0 Å². The molecule has 0 aliphatic heterocycles. The minimum absolute atomic E-state index is 0. The number of halogens is 4. The molecule has 0 atom stereocenters. The Bertz CT molecular complexity index is 240. The normalized spacial score (nSPS) is 6.71. The van der Waals surface area contributed by atoms with Gasteiger partial charge in [-0.1, -0.05) is 6.07 Å². The molecule has 4 N–H and O–H groups in total. The molecule has 0 unspecified atom stereocenters. The van der Waals surface area contributed by atoms with Gasteiger partial charge < -0.3 is 54.1 Å². The summed E-state index contributed by atoms with van der Waals surface area (Å²) in [5, 5.41) is 0. The van der Waals surface area contributed by atoms with Crippen LogP contribution in [0.4, 0.5) is 0 Å². The third-order valence-corrected chi connectivity index (χ3v) is 0.865. The van der Waals surface area contributed by atoms with E-state index in [0.29, 0.717) is 0 Å². The predicted octanol–water partition coefficient (Wildman–Crippen LogP) is -3.72. The van der Waals surface area contributed by atoms with Crippen molar-refractivity contribution in [2.45, 2.75) is 0 Å². The molecule has 17 heavy (non-hydrogen) atoms. The zero-order valence-electron chi connectivity index (χ0n) is 10.2. The van der Waals surface area contributed by atoms with Crippen molar-refractivity contribution in [3.8, 4) is 0 Å².